The van der Waals surface area contributed by atoms with Crippen molar-refractivity contribution in [3.63, 3.8) is 0 Å². The highest BCUT2D eigenvalue weighted by atomic mass is 35.5. The van der Waals surface area contributed by atoms with Crippen molar-refractivity contribution >= 4 is 39.7 Å². The van der Waals surface area contributed by atoms with E-state index in [0.29, 0.717) is 39.5 Å². The Kier molecular flexibility index (Phi) is 4.49. The molecule has 3 heterocycles. The second-order valence-electron chi connectivity index (χ2n) is 7.15. The fourth-order valence-corrected chi connectivity index (χ4v) is 4.12. The van der Waals surface area contributed by atoms with E-state index >= 15 is 0 Å². The molecule has 29 heavy (non-hydrogen) atoms. The van der Waals surface area contributed by atoms with Gasteiger partial charge in [-0.1, -0.05) is 17.7 Å². The van der Waals surface area contributed by atoms with Gasteiger partial charge in [0.25, 0.3) is 0 Å². The van der Waals surface area contributed by atoms with Gasteiger partial charge in [-0.15, -0.1) is 0 Å². The average Bonchev–Trinajstić information content (AvgIpc) is 3.39. The molecule has 0 radical (unpaired) electrons. The van der Waals surface area contributed by atoms with Crippen molar-refractivity contribution in [3.05, 3.63) is 53.7 Å². The Morgan fingerprint density at radius 2 is 2.21 bits per heavy atom. The van der Waals surface area contributed by atoms with E-state index in [1.54, 1.807) is 24.7 Å². The number of hydrogen-bond donors (Lipinski definition) is 2. The van der Waals surface area contributed by atoms with Gasteiger partial charge in [0.1, 0.15) is 17.2 Å². The van der Waals surface area contributed by atoms with Crippen LogP contribution in [0.2, 0.25) is 5.02 Å². The molecule has 0 spiro atoms. The molecule has 1 fully saturated rings. The van der Waals surface area contributed by atoms with Crippen LogP contribution < -0.4 is 11.1 Å². The van der Waals surface area contributed by atoms with Gasteiger partial charge in [-0.2, -0.15) is 0 Å². The van der Waals surface area contributed by atoms with Crippen molar-refractivity contribution in [2.75, 3.05) is 24.2 Å². The third kappa shape index (κ3) is 3.16. The van der Waals surface area contributed by atoms with Gasteiger partial charge in [-0.3, -0.25) is 4.40 Å². The zero-order chi connectivity index (χ0) is 20.0. The predicted octanol–water partition coefficient (Wildman–Crippen LogP) is 4.52. The minimum absolute atomic E-state index is 0.170. The lowest BCUT2D eigenvalue weighted by molar-refractivity contribution is 0.120. The smallest absolute Gasteiger partial charge is 0.150 e. The summed E-state index contributed by atoms with van der Waals surface area (Å²) in [6, 6.07) is 8.45. The summed E-state index contributed by atoms with van der Waals surface area (Å²) in [5.41, 5.74) is 9.85. The third-order valence-electron chi connectivity index (χ3n) is 5.27. The standard InChI is InChI=1S/C21H19ClFN5O/c22-15-4-1-5-16(23)19(15)14-7-12(26-9-13-3-2-6-29-13)8-17-20(14)27-21(24)18-10-25-11-28(17)18/h1,4-5,7-8,10-11,13,26H,2-3,6,9H2,(H2,24,27). The molecule has 1 atom stereocenters. The lowest BCUT2D eigenvalue weighted by atomic mass is 10.0. The van der Waals surface area contributed by atoms with Crippen LogP contribution in [0.25, 0.3) is 27.7 Å². The van der Waals surface area contributed by atoms with Gasteiger partial charge in [-0.05, 0) is 37.1 Å². The molecule has 2 aromatic carbocycles. The van der Waals surface area contributed by atoms with E-state index in [-0.39, 0.29) is 6.10 Å². The van der Waals surface area contributed by atoms with Crippen LogP contribution >= 0.6 is 11.6 Å². The van der Waals surface area contributed by atoms with Crippen LogP contribution in [0.5, 0.6) is 0 Å². The molecule has 0 bridgehead atoms. The minimum atomic E-state index is -0.416. The molecule has 3 N–H and O–H groups in total. The summed E-state index contributed by atoms with van der Waals surface area (Å²) >= 11 is 6.38. The summed E-state index contributed by atoms with van der Waals surface area (Å²) in [6.07, 6.45) is 5.59. The van der Waals surface area contributed by atoms with Crippen molar-refractivity contribution in [1.82, 2.24) is 14.4 Å². The molecule has 1 unspecified atom stereocenters. The average molecular weight is 412 g/mol. The van der Waals surface area contributed by atoms with Crippen molar-refractivity contribution in [3.8, 4) is 11.1 Å². The van der Waals surface area contributed by atoms with E-state index in [1.807, 2.05) is 16.5 Å². The summed E-state index contributed by atoms with van der Waals surface area (Å²) in [6.45, 7) is 1.46. The molecule has 1 aliphatic heterocycles. The van der Waals surface area contributed by atoms with Gasteiger partial charge in [0, 0.05) is 30.0 Å². The van der Waals surface area contributed by atoms with Crippen LogP contribution in [0.1, 0.15) is 12.8 Å². The SMILES string of the molecule is Nc1nc2c(-c3c(F)cccc3Cl)cc(NCC3CCCO3)cc2n2cncc12. The lowest BCUT2D eigenvalue weighted by Gasteiger charge is -2.16. The second kappa shape index (κ2) is 7.17. The van der Waals surface area contributed by atoms with Crippen LogP contribution in [0.15, 0.2) is 42.9 Å². The van der Waals surface area contributed by atoms with Gasteiger partial charge in [0.05, 0.1) is 34.7 Å². The molecular weight excluding hydrogens is 393 g/mol. The van der Waals surface area contributed by atoms with E-state index in [0.717, 1.165) is 30.7 Å². The molecule has 6 nitrogen and oxygen atoms in total. The number of halogens is 2. The van der Waals surface area contributed by atoms with Gasteiger partial charge in [0.2, 0.25) is 0 Å². The third-order valence-corrected chi connectivity index (χ3v) is 5.59. The first kappa shape index (κ1) is 18.1. The Morgan fingerprint density at radius 3 is 3.00 bits per heavy atom. The maximum absolute atomic E-state index is 14.8. The monoisotopic (exact) mass is 411 g/mol. The molecule has 2 aromatic heterocycles. The van der Waals surface area contributed by atoms with Gasteiger partial charge in [0.15, 0.2) is 0 Å². The first-order valence-electron chi connectivity index (χ1n) is 9.47. The number of ether oxygens (including phenoxy) is 1. The number of fused-ring (bicyclic) bond motifs is 3. The number of imidazole rings is 1. The summed E-state index contributed by atoms with van der Waals surface area (Å²) in [4.78, 5) is 8.74. The molecule has 5 rings (SSSR count). The molecule has 0 saturated carbocycles. The zero-order valence-corrected chi connectivity index (χ0v) is 16.3. The van der Waals surface area contributed by atoms with E-state index in [4.69, 9.17) is 22.1 Å². The number of nitrogens with one attached hydrogen (secondary N) is 1. The molecule has 0 aliphatic carbocycles. The quantitative estimate of drug-likeness (QED) is 0.516. The largest absolute Gasteiger partial charge is 0.382 e. The Bertz CT molecular complexity index is 1200. The minimum Gasteiger partial charge on any atom is -0.382 e. The Hall–Kier alpha value is -2.90. The molecule has 8 heteroatoms. The number of hydrogen-bond acceptors (Lipinski definition) is 5. The number of aromatic nitrogens is 3. The number of nitrogens with zero attached hydrogens (tertiary/aromatic N) is 3. The van der Waals surface area contributed by atoms with E-state index in [1.165, 1.54) is 6.07 Å². The van der Waals surface area contributed by atoms with Crippen LogP contribution in [-0.4, -0.2) is 33.6 Å². The van der Waals surface area contributed by atoms with E-state index in [2.05, 4.69) is 15.3 Å². The van der Waals surface area contributed by atoms with Crippen LogP contribution in [0.3, 0.4) is 0 Å². The maximum Gasteiger partial charge on any atom is 0.150 e. The van der Waals surface area contributed by atoms with Crippen LogP contribution in [0, 0.1) is 5.82 Å². The number of benzene rings is 2. The zero-order valence-electron chi connectivity index (χ0n) is 15.5. The predicted molar refractivity (Wildman–Crippen MR) is 113 cm³/mol. The van der Waals surface area contributed by atoms with Crippen LogP contribution in [-0.2, 0) is 4.74 Å². The summed E-state index contributed by atoms with van der Waals surface area (Å²) < 4.78 is 22.3. The van der Waals surface area contributed by atoms with E-state index in [9.17, 15) is 4.39 Å². The lowest BCUT2D eigenvalue weighted by Crippen LogP contribution is -2.18. The first-order valence-corrected chi connectivity index (χ1v) is 9.85. The molecule has 1 saturated heterocycles. The fourth-order valence-electron chi connectivity index (χ4n) is 3.86. The first-order chi connectivity index (χ1) is 14.1. The summed E-state index contributed by atoms with van der Waals surface area (Å²) in [5, 5.41) is 3.73. The fraction of sp³-hybridized carbons (Fsp3) is 0.238. The maximum atomic E-state index is 14.8. The van der Waals surface area contributed by atoms with Crippen molar-refractivity contribution in [2.24, 2.45) is 0 Å². The second-order valence-corrected chi connectivity index (χ2v) is 7.56. The Labute approximate surface area is 171 Å². The van der Waals surface area contributed by atoms with E-state index < -0.39 is 5.82 Å². The highest BCUT2D eigenvalue weighted by Crippen LogP contribution is 2.38. The highest BCUT2D eigenvalue weighted by Gasteiger charge is 2.19. The van der Waals surface area contributed by atoms with Gasteiger partial charge >= 0.3 is 0 Å². The Balaban J connectivity index is 1.73. The molecule has 148 valence electrons. The van der Waals surface area contributed by atoms with Gasteiger partial charge in [-0.25, -0.2) is 14.4 Å². The molecule has 1 aliphatic rings. The van der Waals surface area contributed by atoms with Crippen molar-refractivity contribution in [1.29, 1.82) is 0 Å². The van der Waals surface area contributed by atoms with Gasteiger partial charge < -0.3 is 15.8 Å². The number of rotatable bonds is 4. The number of nitrogens with two attached hydrogens (primary N) is 1. The molecule has 0 amide bonds. The summed E-state index contributed by atoms with van der Waals surface area (Å²) in [7, 11) is 0. The number of anilines is 2. The normalized spacial score (nSPS) is 16.7. The van der Waals surface area contributed by atoms with Crippen LogP contribution in [0.4, 0.5) is 15.9 Å². The topological polar surface area (TPSA) is 77.5 Å². The van der Waals surface area contributed by atoms with Crippen molar-refractivity contribution < 1.29 is 9.13 Å². The molecule has 4 aromatic rings. The molecular formula is C21H19ClFN5O. The number of nitrogen functional groups attached to an aromatic ring is 1. The van der Waals surface area contributed by atoms with Crippen molar-refractivity contribution in [2.45, 2.75) is 18.9 Å². The Morgan fingerprint density at radius 1 is 1.31 bits per heavy atom. The highest BCUT2D eigenvalue weighted by molar-refractivity contribution is 6.33. The summed E-state index contributed by atoms with van der Waals surface area (Å²) in [5.74, 6) is -0.0926.